The van der Waals surface area contributed by atoms with Crippen molar-refractivity contribution in [2.45, 2.75) is 30.6 Å². The van der Waals surface area contributed by atoms with Crippen molar-refractivity contribution in [2.75, 3.05) is 31.0 Å². The second-order valence-corrected chi connectivity index (χ2v) is 8.27. The molecule has 0 radical (unpaired) electrons. The Hall–Kier alpha value is -1.28. The standard InChI is InChI=1S/C13H20N2O4S2/c1-19-13(16)10-9(14)11(21(2,17)18)12(20-10)15-7-8-5-3-4-6-8/h8,15H,3-7,14H2,1-2H3. The highest BCUT2D eigenvalue weighted by Crippen LogP contribution is 2.40. The van der Waals surface area contributed by atoms with Crippen molar-refractivity contribution < 1.29 is 17.9 Å². The van der Waals surface area contributed by atoms with Crippen molar-refractivity contribution in [3.63, 3.8) is 0 Å². The van der Waals surface area contributed by atoms with E-state index in [0.29, 0.717) is 17.5 Å². The van der Waals surface area contributed by atoms with Crippen molar-refractivity contribution in [3.8, 4) is 0 Å². The fraction of sp³-hybridized carbons (Fsp3) is 0.615. The minimum Gasteiger partial charge on any atom is -0.465 e. The zero-order valence-corrected chi connectivity index (χ0v) is 13.8. The summed E-state index contributed by atoms with van der Waals surface area (Å²) < 4.78 is 28.5. The smallest absolute Gasteiger partial charge is 0.350 e. The molecule has 21 heavy (non-hydrogen) atoms. The molecule has 0 saturated heterocycles. The van der Waals surface area contributed by atoms with Gasteiger partial charge >= 0.3 is 5.97 Å². The third-order valence-electron chi connectivity index (χ3n) is 3.67. The summed E-state index contributed by atoms with van der Waals surface area (Å²) in [7, 11) is -2.27. The molecule has 0 unspecified atom stereocenters. The van der Waals surface area contributed by atoms with Gasteiger partial charge in [0.2, 0.25) is 0 Å². The molecule has 2 rings (SSSR count). The average Bonchev–Trinajstić information content (AvgIpc) is 3.02. The van der Waals surface area contributed by atoms with Gasteiger partial charge in [-0.05, 0) is 18.8 Å². The Labute approximate surface area is 128 Å². The van der Waals surface area contributed by atoms with Gasteiger partial charge in [-0.2, -0.15) is 0 Å². The Morgan fingerprint density at radius 1 is 1.43 bits per heavy atom. The van der Waals surface area contributed by atoms with Gasteiger partial charge in [-0.15, -0.1) is 11.3 Å². The van der Waals surface area contributed by atoms with Crippen LogP contribution in [-0.4, -0.2) is 34.3 Å². The molecular weight excluding hydrogens is 312 g/mol. The number of carbonyl (C=O) groups excluding carboxylic acids is 1. The van der Waals surface area contributed by atoms with Gasteiger partial charge in [0, 0.05) is 12.8 Å². The number of nitrogens with two attached hydrogens (primary N) is 1. The molecule has 0 bridgehead atoms. The van der Waals surface area contributed by atoms with Crippen LogP contribution in [0.5, 0.6) is 0 Å². The lowest BCUT2D eigenvalue weighted by atomic mass is 10.1. The lowest BCUT2D eigenvalue weighted by molar-refractivity contribution is 0.0607. The second kappa shape index (κ2) is 6.23. The molecule has 0 aromatic carbocycles. The number of nitrogen functional groups attached to an aromatic ring is 1. The van der Waals surface area contributed by atoms with Crippen LogP contribution in [0.15, 0.2) is 4.90 Å². The molecule has 1 heterocycles. The fourth-order valence-corrected chi connectivity index (χ4v) is 5.10. The van der Waals surface area contributed by atoms with Gasteiger partial charge in [0.1, 0.15) is 14.8 Å². The van der Waals surface area contributed by atoms with E-state index in [1.165, 1.54) is 20.0 Å². The van der Waals surface area contributed by atoms with Crippen LogP contribution in [0.4, 0.5) is 10.7 Å². The third kappa shape index (κ3) is 3.49. The van der Waals surface area contributed by atoms with Gasteiger partial charge in [0.05, 0.1) is 12.8 Å². The van der Waals surface area contributed by atoms with Gasteiger partial charge in [0.15, 0.2) is 9.84 Å². The lowest BCUT2D eigenvalue weighted by Crippen LogP contribution is -2.12. The van der Waals surface area contributed by atoms with Gasteiger partial charge < -0.3 is 15.8 Å². The summed E-state index contributed by atoms with van der Waals surface area (Å²) in [6.45, 7) is 0.698. The van der Waals surface area contributed by atoms with Crippen molar-refractivity contribution >= 4 is 37.8 Å². The van der Waals surface area contributed by atoms with E-state index in [4.69, 9.17) is 5.73 Å². The third-order valence-corrected chi connectivity index (χ3v) is 6.11. The molecule has 1 fully saturated rings. The number of rotatable bonds is 5. The second-order valence-electron chi connectivity index (χ2n) is 5.30. The van der Waals surface area contributed by atoms with E-state index in [1.807, 2.05) is 0 Å². The number of anilines is 2. The van der Waals surface area contributed by atoms with E-state index in [9.17, 15) is 13.2 Å². The molecule has 0 spiro atoms. The Kier molecular flexibility index (Phi) is 4.77. The predicted octanol–water partition coefficient (Wildman–Crippen LogP) is 2.12. The Balaban J connectivity index is 2.31. The number of hydrogen-bond donors (Lipinski definition) is 2. The molecule has 1 aromatic heterocycles. The molecule has 6 nitrogen and oxygen atoms in total. The summed E-state index contributed by atoms with van der Waals surface area (Å²) in [5.74, 6) is -0.0707. The molecule has 1 aromatic rings. The first-order valence-corrected chi connectivity index (χ1v) is 9.50. The van der Waals surface area contributed by atoms with Crippen molar-refractivity contribution in [1.82, 2.24) is 0 Å². The Morgan fingerprint density at radius 2 is 2.05 bits per heavy atom. The maximum atomic E-state index is 11.9. The van der Waals surface area contributed by atoms with Crippen LogP contribution in [0.3, 0.4) is 0 Å². The predicted molar refractivity (Wildman–Crippen MR) is 83.6 cm³/mol. The number of sulfone groups is 1. The number of methoxy groups -OCH3 is 1. The topological polar surface area (TPSA) is 98.5 Å². The molecule has 1 saturated carbocycles. The van der Waals surface area contributed by atoms with E-state index in [2.05, 4.69) is 10.1 Å². The number of esters is 1. The van der Waals surface area contributed by atoms with Crippen LogP contribution in [0.25, 0.3) is 0 Å². The number of nitrogens with one attached hydrogen (secondary N) is 1. The zero-order valence-electron chi connectivity index (χ0n) is 12.1. The molecule has 8 heteroatoms. The van der Waals surface area contributed by atoms with Gasteiger partial charge in [-0.3, -0.25) is 0 Å². The van der Waals surface area contributed by atoms with Crippen LogP contribution < -0.4 is 11.1 Å². The number of carbonyl (C=O) groups is 1. The van der Waals surface area contributed by atoms with Crippen LogP contribution in [0.1, 0.15) is 35.4 Å². The SMILES string of the molecule is COC(=O)c1sc(NCC2CCCC2)c(S(C)(=O)=O)c1N. The van der Waals surface area contributed by atoms with Crippen LogP contribution in [0, 0.1) is 5.92 Å². The van der Waals surface area contributed by atoms with E-state index in [0.717, 1.165) is 30.4 Å². The minimum absolute atomic E-state index is 0.00546. The molecule has 1 aliphatic carbocycles. The average molecular weight is 332 g/mol. The van der Waals surface area contributed by atoms with Crippen molar-refractivity contribution in [1.29, 1.82) is 0 Å². The molecule has 0 atom stereocenters. The van der Waals surface area contributed by atoms with Crippen molar-refractivity contribution in [3.05, 3.63) is 4.88 Å². The monoisotopic (exact) mass is 332 g/mol. The quantitative estimate of drug-likeness (QED) is 0.801. The molecule has 1 aliphatic rings. The summed E-state index contributed by atoms with van der Waals surface area (Å²) in [6.07, 6.45) is 5.81. The summed E-state index contributed by atoms with van der Waals surface area (Å²) >= 11 is 1.04. The first-order chi connectivity index (χ1) is 9.84. The van der Waals surface area contributed by atoms with Crippen LogP contribution in [0.2, 0.25) is 0 Å². The molecule has 3 N–H and O–H groups in total. The summed E-state index contributed by atoms with van der Waals surface area (Å²) in [4.78, 5) is 11.8. The number of ether oxygens (including phenoxy) is 1. The van der Waals surface area contributed by atoms with E-state index in [-0.39, 0.29) is 15.5 Å². The van der Waals surface area contributed by atoms with Gasteiger partial charge in [0.25, 0.3) is 0 Å². The molecule has 0 amide bonds. The van der Waals surface area contributed by atoms with E-state index < -0.39 is 15.8 Å². The molecular formula is C13H20N2O4S2. The minimum atomic E-state index is -3.52. The maximum absolute atomic E-state index is 11.9. The normalized spacial score (nSPS) is 16.1. The molecule has 118 valence electrons. The first-order valence-electron chi connectivity index (χ1n) is 6.79. The van der Waals surface area contributed by atoms with E-state index >= 15 is 0 Å². The summed E-state index contributed by atoms with van der Waals surface area (Å²) in [5, 5.41) is 3.59. The largest absolute Gasteiger partial charge is 0.465 e. The van der Waals surface area contributed by atoms with Crippen LogP contribution in [-0.2, 0) is 14.6 Å². The van der Waals surface area contributed by atoms with Crippen molar-refractivity contribution in [2.24, 2.45) is 5.92 Å². The number of hydrogen-bond acceptors (Lipinski definition) is 7. The van der Waals surface area contributed by atoms with E-state index in [1.54, 1.807) is 0 Å². The number of thiophene rings is 1. The lowest BCUT2D eigenvalue weighted by Gasteiger charge is -2.11. The van der Waals surface area contributed by atoms with Gasteiger partial charge in [-0.1, -0.05) is 12.8 Å². The highest BCUT2D eigenvalue weighted by atomic mass is 32.2. The molecule has 0 aliphatic heterocycles. The van der Waals surface area contributed by atoms with Gasteiger partial charge in [-0.25, -0.2) is 13.2 Å². The maximum Gasteiger partial charge on any atom is 0.350 e. The highest BCUT2D eigenvalue weighted by molar-refractivity contribution is 7.91. The highest BCUT2D eigenvalue weighted by Gasteiger charge is 2.28. The first kappa shape index (κ1) is 16.1. The van der Waals surface area contributed by atoms with Crippen LogP contribution >= 0.6 is 11.3 Å². The Bertz CT molecular complexity index is 631. The zero-order chi connectivity index (χ0) is 15.6. The Morgan fingerprint density at radius 3 is 2.57 bits per heavy atom. The summed E-state index contributed by atoms with van der Waals surface area (Å²) in [5.41, 5.74) is 5.82. The fourth-order valence-electron chi connectivity index (χ4n) is 2.61. The summed E-state index contributed by atoms with van der Waals surface area (Å²) in [6, 6.07) is 0.